The Bertz CT molecular complexity index is 1350. The predicted molar refractivity (Wildman–Crippen MR) is 136 cm³/mol. The second kappa shape index (κ2) is 9.37. The van der Waals surface area contributed by atoms with E-state index in [1.54, 1.807) is 11.0 Å². The number of para-hydroxylation sites is 2. The smallest absolute Gasteiger partial charge is 0.409 e. The van der Waals surface area contributed by atoms with Crippen LogP contribution in [0.1, 0.15) is 19.4 Å². The molecule has 0 saturated carbocycles. The van der Waals surface area contributed by atoms with Crippen LogP contribution < -0.4 is 9.21 Å². The molecule has 0 bridgehead atoms. The van der Waals surface area contributed by atoms with Crippen LogP contribution in [0.4, 0.5) is 16.2 Å². The highest BCUT2D eigenvalue weighted by Gasteiger charge is 2.31. The monoisotopic (exact) mass is 494 g/mol. The lowest BCUT2D eigenvalue weighted by Gasteiger charge is -2.35. The minimum atomic E-state index is -3.71. The van der Waals surface area contributed by atoms with Gasteiger partial charge >= 0.3 is 6.09 Å². The Hall–Kier alpha value is -3.33. The molecular weight excluding hydrogens is 464 g/mol. The summed E-state index contributed by atoms with van der Waals surface area (Å²) < 4.78 is 33.7. The lowest BCUT2D eigenvalue weighted by molar-refractivity contribution is 0.0902. The largest absolute Gasteiger partial charge is 0.449 e. The summed E-state index contributed by atoms with van der Waals surface area (Å²) in [6.45, 7) is 7.32. The van der Waals surface area contributed by atoms with E-state index >= 15 is 0 Å². The second-order valence-corrected chi connectivity index (χ2v) is 11.3. The van der Waals surface area contributed by atoms with E-state index in [1.165, 1.54) is 10.5 Å². The number of aromatic nitrogens is 1. The van der Waals surface area contributed by atoms with E-state index in [1.807, 2.05) is 56.3 Å². The molecule has 0 radical (unpaired) electrons. The van der Waals surface area contributed by atoms with Crippen molar-refractivity contribution in [3.63, 3.8) is 0 Å². The summed E-state index contributed by atoms with van der Waals surface area (Å²) >= 11 is 0. The van der Waals surface area contributed by atoms with E-state index in [9.17, 15) is 13.2 Å². The van der Waals surface area contributed by atoms with Crippen LogP contribution in [0.5, 0.6) is 0 Å². The van der Waals surface area contributed by atoms with E-state index in [-0.39, 0.29) is 11.0 Å². The molecule has 1 aromatic heterocycles. The third-order valence-electron chi connectivity index (χ3n) is 6.52. The maximum Gasteiger partial charge on any atom is 0.409 e. The third kappa shape index (κ3) is 4.52. The fourth-order valence-corrected chi connectivity index (χ4v) is 6.15. The fourth-order valence-electron chi connectivity index (χ4n) is 4.66. The van der Waals surface area contributed by atoms with Crippen LogP contribution in [-0.2, 0) is 21.2 Å². The maximum atomic E-state index is 13.4. The van der Waals surface area contributed by atoms with Gasteiger partial charge in [-0.3, -0.25) is 9.29 Å². The first-order chi connectivity index (χ1) is 16.8. The molecule has 5 rings (SSSR count). The first-order valence-corrected chi connectivity index (χ1v) is 13.4. The highest BCUT2D eigenvalue weighted by atomic mass is 32.2. The number of benzene rings is 2. The van der Waals surface area contributed by atoms with E-state index in [0.29, 0.717) is 51.7 Å². The average molecular weight is 495 g/mol. The van der Waals surface area contributed by atoms with Crippen LogP contribution in [0.3, 0.4) is 0 Å². The molecule has 184 valence electrons. The molecule has 0 unspecified atom stereocenters. The SMILES string of the molecule is CC(C)COC(=O)N1CCN(c2cccc3cc(S(=O)(=O)N4CCc5ccccc54)cnc23)CC1. The summed E-state index contributed by atoms with van der Waals surface area (Å²) in [5, 5.41) is 0.773. The predicted octanol–water partition coefficient (Wildman–Crippen LogP) is 3.90. The van der Waals surface area contributed by atoms with Gasteiger partial charge < -0.3 is 14.5 Å². The topological polar surface area (TPSA) is 83.0 Å². The van der Waals surface area contributed by atoms with Crippen molar-refractivity contribution >= 4 is 38.4 Å². The summed E-state index contributed by atoms with van der Waals surface area (Å²) in [7, 11) is -3.71. The van der Waals surface area contributed by atoms with Gasteiger partial charge in [0.1, 0.15) is 4.90 Å². The van der Waals surface area contributed by atoms with Crippen molar-refractivity contribution < 1.29 is 17.9 Å². The summed E-state index contributed by atoms with van der Waals surface area (Å²) in [5.74, 6) is 0.302. The Morgan fingerprint density at radius 3 is 2.51 bits per heavy atom. The second-order valence-electron chi connectivity index (χ2n) is 9.42. The molecule has 3 aromatic rings. The van der Waals surface area contributed by atoms with Gasteiger partial charge in [0.05, 0.1) is 23.5 Å². The van der Waals surface area contributed by atoms with Crippen molar-refractivity contribution in [3.8, 4) is 0 Å². The average Bonchev–Trinajstić information content (AvgIpc) is 3.32. The zero-order valence-corrected chi connectivity index (χ0v) is 20.9. The van der Waals surface area contributed by atoms with Crippen molar-refractivity contribution in [1.29, 1.82) is 0 Å². The number of carbonyl (C=O) groups excluding carboxylic acids is 1. The minimum absolute atomic E-state index is 0.191. The van der Waals surface area contributed by atoms with E-state index in [0.717, 1.165) is 27.8 Å². The summed E-state index contributed by atoms with van der Waals surface area (Å²) in [6, 6.07) is 15.1. The van der Waals surface area contributed by atoms with Crippen LogP contribution in [0, 0.1) is 5.92 Å². The van der Waals surface area contributed by atoms with Crippen LogP contribution in [0.15, 0.2) is 59.6 Å². The van der Waals surface area contributed by atoms with Crippen molar-refractivity contribution in [2.75, 3.05) is 48.5 Å². The van der Waals surface area contributed by atoms with Crippen molar-refractivity contribution in [3.05, 3.63) is 60.3 Å². The number of hydrogen-bond acceptors (Lipinski definition) is 6. The Morgan fingerprint density at radius 1 is 1.00 bits per heavy atom. The van der Waals surface area contributed by atoms with Gasteiger partial charge in [-0.1, -0.05) is 44.2 Å². The molecule has 1 fully saturated rings. The molecule has 1 amide bonds. The van der Waals surface area contributed by atoms with Gasteiger partial charge in [0.2, 0.25) is 0 Å². The summed E-state index contributed by atoms with van der Waals surface area (Å²) in [4.78, 5) is 21.0. The number of hydrogen-bond donors (Lipinski definition) is 0. The molecule has 2 aliphatic heterocycles. The first kappa shape index (κ1) is 23.4. The lowest BCUT2D eigenvalue weighted by Crippen LogP contribution is -2.49. The zero-order chi connectivity index (χ0) is 24.6. The molecule has 8 nitrogen and oxygen atoms in total. The summed E-state index contributed by atoms with van der Waals surface area (Å²) in [5.41, 5.74) is 3.47. The van der Waals surface area contributed by atoms with Crippen LogP contribution in [0.25, 0.3) is 10.9 Å². The lowest BCUT2D eigenvalue weighted by atomic mass is 10.1. The molecule has 0 spiro atoms. The number of pyridine rings is 1. The molecular formula is C26H30N4O4S. The van der Waals surface area contributed by atoms with Crippen LogP contribution in [0.2, 0.25) is 0 Å². The Labute approximate surface area is 206 Å². The first-order valence-electron chi connectivity index (χ1n) is 12.0. The van der Waals surface area contributed by atoms with E-state index < -0.39 is 10.0 Å². The van der Waals surface area contributed by atoms with Gasteiger partial charge in [0.15, 0.2) is 0 Å². The molecule has 0 atom stereocenters. The molecule has 9 heteroatoms. The van der Waals surface area contributed by atoms with Gasteiger partial charge in [-0.25, -0.2) is 13.2 Å². The number of nitrogens with zero attached hydrogens (tertiary/aromatic N) is 4. The molecule has 2 aromatic carbocycles. The Kier molecular flexibility index (Phi) is 6.27. The fraction of sp³-hybridized carbons (Fsp3) is 0.385. The number of carbonyl (C=O) groups is 1. The van der Waals surface area contributed by atoms with Gasteiger partial charge in [0, 0.05) is 44.3 Å². The molecule has 2 aliphatic rings. The van der Waals surface area contributed by atoms with Crippen molar-refractivity contribution in [2.45, 2.75) is 25.2 Å². The van der Waals surface area contributed by atoms with E-state index in [4.69, 9.17) is 4.74 Å². The quantitative estimate of drug-likeness (QED) is 0.535. The van der Waals surface area contributed by atoms with Crippen LogP contribution >= 0.6 is 0 Å². The molecule has 0 N–H and O–H groups in total. The standard InChI is InChI=1S/C26H30N4O4S/c1-19(2)18-34-26(31)29-14-12-28(13-15-29)24-9-5-7-21-16-22(17-27-25(21)24)35(32,33)30-11-10-20-6-3-4-8-23(20)30/h3-9,16-17,19H,10-15,18H2,1-2H3. The van der Waals surface area contributed by atoms with Gasteiger partial charge in [-0.15, -0.1) is 0 Å². The minimum Gasteiger partial charge on any atom is -0.449 e. The molecule has 0 aliphatic carbocycles. The highest BCUT2D eigenvalue weighted by Crippen LogP contribution is 2.34. The number of anilines is 2. The summed E-state index contributed by atoms with van der Waals surface area (Å²) in [6.07, 6.45) is 1.90. The van der Waals surface area contributed by atoms with Gasteiger partial charge in [0.25, 0.3) is 10.0 Å². The number of piperazine rings is 1. The zero-order valence-electron chi connectivity index (χ0n) is 20.1. The Morgan fingerprint density at radius 2 is 1.74 bits per heavy atom. The number of sulfonamides is 1. The molecule has 1 saturated heterocycles. The maximum absolute atomic E-state index is 13.4. The van der Waals surface area contributed by atoms with Crippen molar-refractivity contribution in [2.24, 2.45) is 5.92 Å². The van der Waals surface area contributed by atoms with E-state index in [2.05, 4.69) is 9.88 Å². The molecule has 35 heavy (non-hydrogen) atoms. The third-order valence-corrected chi connectivity index (χ3v) is 8.29. The number of rotatable bonds is 5. The number of fused-ring (bicyclic) bond motifs is 2. The molecule has 3 heterocycles. The normalized spacial score (nSPS) is 16.1. The number of amides is 1. The number of ether oxygens (including phenoxy) is 1. The van der Waals surface area contributed by atoms with Crippen LogP contribution in [-0.4, -0.2) is 63.7 Å². The van der Waals surface area contributed by atoms with Gasteiger partial charge in [-0.2, -0.15) is 0 Å². The highest BCUT2D eigenvalue weighted by molar-refractivity contribution is 7.92. The van der Waals surface area contributed by atoms with Gasteiger partial charge in [-0.05, 0) is 36.1 Å². The Balaban J connectivity index is 1.35. The van der Waals surface area contributed by atoms with Crippen molar-refractivity contribution in [1.82, 2.24) is 9.88 Å².